The zero-order valence-electron chi connectivity index (χ0n) is 10.8. The molecule has 1 aromatic carbocycles. The van der Waals surface area contributed by atoms with Gasteiger partial charge in [-0.2, -0.15) is 0 Å². The van der Waals surface area contributed by atoms with E-state index in [0.717, 1.165) is 5.56 Å². The van der Waals surface area contributed by atoms with Gasteiger partial charge in [-0.25, -0.2) is 0 Å². The van der Waals surface area contributed by atoms with Gasteiger partial charge in [0, 0.05) is 19.1 Å². The molecule has 1 rings (SSSR count). The maximum atomic E-state index is 10.6. The van der Waals surface area contributed by atoms with E-state index in [-0.39, 0.29) is 32.6 Å². The molecule has 0 aliphatic carbocycles. The van der Waals surface area contributed by atoms with Crippen LogP contribution in [0.1, 0.15) is 36.3 Å². The molecule has 21 heavy (non-hydrogen) atoms. The predicted octanol–water partition coefficient (Wildman–Crippen LogP) is 2.86. The molecule has 0 heterocycles. The van der Waals surface area contributed by atoms with E-state index in [2.05, 4.69) is 18.8 Å². The second-order valence-corrected chi connectivity index (χ2v) is 3.07. The summed E-state index contributed by atoms with van der Waals surface area (Å²) in [5.41, 5.74) is 1.64. The molecule has 116 valence electrons. The Morgan fingerprint density at radius 1 is 1.33 bits per heavy atom. The smallest absolute Gasteiger partial charge is 0.153 e. The van der Waals surface area contributed by atoms with Crippen LogP contribution in [0.4, 0.5) is 0 Å². The Labute approximate surface area is 128 Å². The van der Waals surface area contributed by atoms with Crippen LogP contribution in [-0.2, 0) is 22.6 Å². The standard InChI is InChI=1S/C12H12O3.C2H2.CH2O.2CH4/c1-3-4-11-10(8-15-2)6-5-9(7-13)12(11)14;2*1-2;;/h1,5-7,14H,4,8H2,2H3;1-2H;1H2;2*1H4. The highest BCUT2D eigenvalue weighted by atomic mass is 16.5. The number of carbonyl (C=O) groups excluding carboxylic acids is 2. The summed E-state index contributed by atoms with van der Waals surface area (Å²) in [7, 11) is 1.56. The van der Waals surface area contributed by atoms with Crippen molar-refractivity contribution in [1.82, 2.24) is 0 Å². The molecule has 0 saturated heterocycles. The van der Waals surface area contributed by atoms with Gasteiger partial charge in [0.2, 0.25) is 0 Å². The number of terminal acetylenes is 2. The van der Waals surface area contributed by atoms with Gasteiger partial charge in [-0.15, -0.1) is 25.2 Å². The highest BCUT2D eigenvalue weighted by molar-refractivity contribution is 5.80. The molecular formula is C17H24O4. The number of aldehydes is 1. The van der Waals surface area contributed by atoms with Crippen LogP contribution < -0.4 is 0 Å². The zero-order chi connectivity index (χ0) is 15.3. The Kier molecular flexibility index (Phi) is 22.3. The highest BCUT2D eigenvalue weighted by Gasteiger charge is 2.10. The van der Waals surface area contributed by atoms with Gasteiger partial charge in [0.15, 0.2) is 6.29 Å². The predicted molar refractivity (Wildman–Crippen MR) is 87.2 cm³/mol. The fourth-order valence-corrected chi connectivity index (χ4v) is 1.38. The lowest BCUT2D eigenvalue weighted by atomic mass is 10.0. The number of methoxy groups -OCH3 is 1. The van der Waals surface area contributed by atoms with E-state index in [1.165, 1.54) is 0 Å². The van der Waals surface area contributed by atoms with Crippen molar-refractivity contribution in [2.75, 3.05) is 7.11 Å². The van der Waals surface area contributed by atoms with Gasteiger partial charge in [-0.1, -0.05) is 20.9 Å². The molecule has 0 unspecified atom stereocenters. The lowest BCUT2D eigenvalue weighted by Gasteiger charge is -2.10. The van der Waals surface area contributed by atoms with E-state index < -0.39 is 0 Å². The number of ether oxygens (including phenoxy) is 1. The van der Waals surface area contributed by atoms with Crippen molar-refractivity contribution < 1.29 is 19.4 Å². The van der Waals surface area contributed by atoms with Crippen molar-refractivity contribution in [3.05, 3.63) is 28.8 Å². The number of hydrogen-bond donors (Lipinski definition) is 1. The molecule has 0 amide bonds. The summed E-state index contributed by atoms with van der Waals surface area (Å²) in [6.45, 7) is 2.36. The van der Waals surface area contributed by atoms with Gasteiger partial charge in [0.05, 0.1) is 12.2 Å². The molecule has 0 fully saturated rings. The van der Waals surface area contributed by atoms with E-state index in [4.69, 9.17) is 16.0 Å². The maximum absolute atomic E-state index is 10.6. The molecule has 0 saturated carbocycles. The Hall–Kier alpha value is -2.56. The molecule has 1 aromatic rings. The molecular weight excluding hydrogens is 268 g/mol. The van der Waals surface area contributed by atoms with Crippen LogP contribution in [0.15, 0.2) is 12.1 Å². The number of carbonyl (C=O) groups is 2. The Bertz CT molecular complexity index is 456. The van der Waals surface area contributed by atoms with Gasteiger partial charge in [0.1, 0.15) is 12.5 Å². The first-order valence-corrected chi connectivity index (χ1v) is 5.08. The molecule has 0 spiro atoms. The molecule has 4 heteroatoms. The third kappa shape index (κ3) is 8.26. The minimum atomic E-state index is -0.0440. The van der Waals surface area contributed by atoms with Crippen molar-refractivity contribution in [1.29, 1.82) is 0 Å². The average molecular weight is 292 g/mol. The van der Waals surface area contributed by atoms with Gasteiger partial charge < -0.3 is 14.6 Å². The Balaban J connectivity index is -0.000000221. The lowest BCUT2D eigenvalue weighted by Crippen LogP contribution is -1.98. The van der Waals surface area contributed by atoms with Crippen LogP contribution in [0.2, 0.25) is 0 Å². The van der Waals surface area contributed by atoms with Crippen LogP contribution in [0.3, 0.4) is 0 Å². The summed E-state index contributed by atoms with van der Waals surface area (Å²) in [6.07, 6.45) is 14.1. The van der Waals surface area contributed by atoms with Crippen molar-refractivity contribution in [3.63, 3.8) is 0 Å². The van der Waals surface area contributed by atoms with E-state index >= 15 is 0 Å². The molecule has 0 aliphatic heterocycles. The number of hydrogen-bond acceptors (Lipinski definition) is 4. The van der Waals surface area contributed by atoms with Gasteiger partial charge in [0.25, 0.3) is 0 Å². The van der Waals surface area contributed by atoms with Crippen molar-refractivity contribution in [2.24, 2.45) is 0 Å². The van der Waals surface area contributed by atoms with Crippen LogP contribution in [-0.4, -0.2) is 25.3 Å². The average Bonchev–Trinajstić information content (AvgIpc) is 2.47. The minimum absolute atomic E-state index is 0. The molecule has 0 radical (unpaired) electrons. The first-order valence-electron chi connectivity index (χ1n) is 5.08. The second kappa shape index (κ2) is 17.4. The monoisotopic (exact) mass is 292 g/mol. The topological polar surface area (TPSA) is 63.6 Å². The van der Waals surface area contributed by atoms with E-state index in [9.17, 15) is 9.90 Å². The first-order chi connectivity index (χ1) is 9.24. The molecule has 0 aliphatic rings. The Morgan fingerprint density at radius 3 is 2.24 bits per heavy atom. The largest absolute Gasteiger partial charge is 0.507 e. The van der Waals surface area contributed by atoms with E-state index in [0.29, 0.717) is 18.5 Å². The SMILES string of the molecule is C.C.C#C.C#CCc1c(COC)ccc(C=O)c1O.C=O. The molecule has 0 aromatic heterocycles. The van der Waals surface area contributed by atoms with Crippen molar-refractivity contribution >= 4 is 13.1 Å². The number of phenolic OH excluding ortho intramolecular Hbond substituents is 1. The zero-order valence-corrected chi connectivity index (χ0v) is 10.8. The minimum Gasteiger partial charge on any atom is -0.507 e. The van der Waals surface area contributed by atoms with Crippen molar-refractivity contribution in [3.8, 4) is 30.9 Å². The number of benzene rings is 1. The van der Waals surface area contributed by atoms with Crippen LogP contribution in [0.5, 0.6) is 5.75 Å². The fraction of sp³-hybridized carbons (Fsp3) is 0.294. The lowest BCUT2D eigenvalue weighted by molar-refractivity contribution is -0.0980. The van der Waals surface area contributed by atoms with E-state index in [1.807, 2.05) is 6.79 Å². The summed E-state index contributed by atoms with van der Waals surface area (Å²) in [5, 5.41) is 9.75. The summed E-state index contributed by atoms with van der Waals surface area (Å²) in [5.74, 6) is 2.40. The molecule has 4 nitrogen and oxygen atoms in total. The maximum Gasteiger partial charge on any atom is 0.153 e. The van der Waals surface area contributed by atoms with Gasteiger partial charge in [-0.3, -0.25) is 4.79 Å². The molecule has 0 bridgehead atoms. The van der Waals surface area contributed by atoms with Gasteiger partial charge in [-0.05, 0) is 11.6 Å². The third-order valence-electron chi connectivity index (χ3n) is 2.12. The second-order valence-electron chi connectivity index (χ2n) is 3.07. The highest BCUT2D eigenvalue weighted by Crippen LogP contribution is 2.25. The van der Waals surface area contributed by atoms with Crippen molar-refractivity contribution in [2.45, 2.75) is 27.9 Å². The quantitative estimate of drug-likeness (QED) is 0.684. The number of phenols is 1. The normalized spacial score (nSPS) is 7.14. The van der Waals surface area contributed by atoms with E-state index in [1.54, 1.807) is 19.2 Å². The number of rotatable bonds is 4. The molecule has 0 atom stereocenters. The fourth-order valence-electron chi connectivity index (χ4n) is 1.38. The van der Waals surface area contributed by atoms with Crippen LogP contribution in [0, 0.1) is 25.2 Å². The summed E-state index contributed by atoms with van der Waals surface area (Å²) < 4.78 is 4.98. The van der Waals surface area contributed by atoms with Crippen LogP contribution in [0.25, 0.3) is 0 Å². The summed E-state index contributed by atoms with van der Waals surface area (Å²) in [6, 6.07) is 3.29. The first kappa shape index (κ1) is 26.9. The number of aromatic hydroxyl groups is 1. The Morgan fingerprint density at radius 2 is 1.86 bits per heavy atom. The van der Waals surface area contributed by atoms with Gasteiger partial charge >= 0.3 is 0 Å². The summed E-state index contributed by atoms with van der Waals surface area (Å²) in [4.78, 5) is 18.6. The molecule has 1 N–H and O–H groups in total. The third-order valence-corrected chi connectivity index (χ3v) is 2.12. The van der Waals surface area contributed by atoms with Crippen LogP contribution >= 0.6 is 0 Å². The summed E-state index contributed by atoms with van der Waals surface area (Å²) >= 11 is 0.